The van der Waals surface area contributed by atoms with E-state index in [1.807, 2.05) is 53.4 Å². The average Bonchev–Trinajstić information content (AvgIpc) is 3.51. The third kappa shape index (κ3) is 4.82. The molecule has 0 saturated carbocycles. The quantitative estimate of drug-likeness (QED) is 0.144. The summed E-state index contributed by atoms with van der Waals surface area (Å²) in [5.41, 5.74) is 8.99. The highest BCUT2D eigenvalue weighted by Gasteiger charge is 2.36. The number of benzene rings is 6. The van der Waals surface area contributed by atoms with E-state index in [1.54, 1.807) is 0 Å². The smallest absolute Gasteiger partial charge is 0.101 e. The molecular weight excluding hydrogens is 577 g/mol. The average molecular weight is 601 g/mol. The van der Waals surface area contributed by atoms with Gasteiger partial charge in [0.1, 0.15) is 5.82 Å². The molecule has 0 spiro atoms. The Kier molecular flexibility index (Phi) is 7.21. The standard InChI is InChI=1S/C40H24B5N3/c41-39(42,40(43,44)45)38-47-34-18-7-8-19-35(34)48(38)27-11-9-10-26(24-27)36-30-14-3-5-16-32(30)37(33-17-6-4-15-31(33)36)29-13-2-1-12-28(29)25-20-22-46-23-21-25/h1-24H. The maximum atomic E-state index is 6.56. The molecule has 48 heavy (non-hydrogen) atoms. The summed E-state index contributed by atoms with van der Waals surface area (Å²) in [5.74, 6) is 0.256. The first-order valence-corrected chi connectivity index (χ1v) is 15.7. The minimum Gasteiger partial charge on any atom is -0.297 e. The second-order valence-corrected chi connectivity index (χ2v) is 12.2. The van der Waals surface area contributed by atoms with Gasteiger partial charge in [0.25, 0.3) is 0 Å². The second kappa shape index (κ2) is 11.5. The number of hydrogen-bond acceptors (Lipinski definition) is 2. The molecule has 0 aliphatic heterocycles. The normalized spacial score (nSPS) is 12.2. The highest BCUT2D eigenvalue weighted by Crippen LogP contribution is 2.46. The first kappa shape index (κ1) is 30.1. The number of rotatable bonds is 6. The maximum Gasteiger partial charge on any atom is 0.101 e. The molecule has 3 nitrogen and oxygen atoms in total. The van der Waals surface area contributed by atoms with Crippen LogP contribution < -0.4 is 0 Å². The molecule has 0 atom stereocenters. The van der Waals surface area contributed by atoms with Gasteiger partial charge in [0, 0.05) is 18.1 Å². The van der Waals surface area contributed by atoms with Gasteiger partial charge in [-0.05, 0) is 91.3 Å². The van der Waals surface area contributed by atoms with Crippen molar-refractivity contribution in [1.82, 2.24) is 14.5 Å². The van der Waals surface area contributed by atoms with Crippen LogP contribution >= 0.6 is 0 Å². The molecule has 0 aliphatic rings. The topological polar surface area (TPSA) is 30.7 Å². The first-order chi connectivity index (χ1) is 23.2. The SMILES string of the molecule is [B]C([B])([B])C([B])([B])c1nc2ccccc2n1-c1cccc(-c2c3ccccc3c(-c3ccccc3-c3ccncc3)c3ccccc23)c1. The zero-order valence-corrected chi connectivity index (χ0v) is 26.1. The molecule has 0 bridgehead atoms. The zero-order chi connectivity index (χ0) is 33.0. The molecule has 8 heteroatoms. The van der Waals surface area contributed by atoms with Gasteiger partial charge in [-0.2, -0.15) is 0 Å². The molecule has 0 N–H and O–H groups in total. The molecule has 0 aliphatic carbocycles. The van der Waals surface area contributed by atoms with E-state index < -0.39 is 10.3 Å². The number of nitrogens with zero attached hydrogens (tertiary/aromatic N) is 3. The Balaban J connectivity index is 1.41. The lowest BCUT2D eigenvalue weighted by atomic mass is 9.23. The fourth-order valence-corrected chi connectivity index (χ4v) is 6.77. The third-order valence-electron chi connectivity index (χ3n) is 9.16. The van der Waals surface area contributed by atoms with Crippen molar-refractivity contribution >= 4 is 71.8 Å². The van der Waals surface area contributed by atoms with Crippen LogP contribution in [0.2, 0.25) is 5.11 Å². The fraction of sp³-hybridized carbons (Fsp3) is 0.0500. The molecule has 6 aromatic carbocycles. The van der Waals surface area contributed by atoms with Gasteiger partial charge in [-0.25, -0.2) is 4.98 Å². The van der Waals surface area contributed by atoms with Gasteiger partial charge in [-0.15, -0.1) is 5.11 Å². The van der Waals surface area contributed by atoms with Crippen LogP contribution in [0.25, 0.3) is 71.6 Å². The van der Waals surface area contributed by atoms with Crippen molar-refractivity contribution < 1.29 is 0 Å². The number of imidazole rings is 1. The Bertz CT molecular complexity index is 2430. The van der Waals surface area contributed by atoms with Crippen molar-refractivity contribution in [2.75, 3.05) is 0 Å². The van der Waals surface area contributed by atoms with Crippen molar-refractivity contribution in [3.05, 3.63) is 152 Å². The largest absolute Gasteiger partial charge is 0.297 e. The van der Waals surface area contributed by atoms with Crippen molar-refractivity contribution in [2.45, 2.75) is 10.3 Å². The zero-order valence-electron chi connectivity index (χ0n) is 26.1. The van der Waals surface area contributed by atoms with Gasteiger partial charge < -0.3 is 0 Å². The van der Waals surface area contributed by atoms with E-state index in [0.717, 1.165) is 60.6 Å². The molecule has 0 fully saturated rings. The monoisotopic (exact) mass is 601 g/mol. The van der Waals surface area contributed by atoms with Gasteiger partial charge >= 0.3 is 0 Å². The first-order valence-electron chi connectivity index (χ1n) is 15.7. The van der Waals surface area contributed by atoms with Crippen molar-refractivity contribution in [3.8, 4) is 39.1 Å². The van der Waals surface area contributed by atoms with E-state index in [9.17, 15) is 0 Å². The van der Waals surface area contributed by atoms with Crippen LogP contribution in [-0.4, -0.2) is 53.8 Å². The second-order valence-electron chi connectivity index (χ2n) is 12.2. The van der Waals surface area contributed by atoms with E-state index in [2.05, 4.69) is 102 Å². The van der Waals surface area contributed by atoms with Gasteiger partial charge in [0.15, 0.2) is 0 Å². The molecular formula is C40H24B5N3. The van der Waals surface area contributed by atoms with E-state index in [-0.39, 0.29) is 5.82 Å². The van der Waals surface area contributed by atoms with Crippen molar-refractivity contribution in [3.63, 3.8) is 0 Å². The van der Waals surface area contributed by atoms with E-state index in [1.165, 1.54) is 5.56 Å². The van der Waals surface area contributed by atoms with Gasteiger partial charge in [-0.3, -0.25) is 9.55 Å². The summed E-state index contributed by atoms with van der Waals surface area (Å²) in [7, 11) is 31.5. The number of aromatic nitrogens is 3. The number of fused-ring (bicyclic) bond motifs is 3. The van der Waals surface area contributed by atoms with Crippen LogP contribution in [0.5, 0.6) is 0 Å². The van der Waals surface area contributed by atoms with Gasteiger partial charge in [0.05, 0.1) is 50.3 Å². The molecule has 8 rings (SSSR count). The number of pyridine rings is 1. The summed E-state index contributed by atoms with van der Waals surface area (Å²) in [5, 5.41) is 0.744. The lowest BCUT2D eigenvalue weighted by Gasteiger charge is -2.41. The maximum absolute atomic E-state index is 6.56. The van der Waals surface area contributed by atoms with Crippen molar-refractivity contribution in [2.24, 2.45) is 0 Å². The van der Waals surface area contributed by atoms with E-state index in [4.69, 9.17) is 44.2 Å². The fourth-order valence-electron chi connectivity index (χ4n) is 6.77. The lowest BCUT2D eigenvalue weighted by molar-refractivity contribution is 0.757. The molecule has 0 unspecified atom stereocenters. The molecule has 10 radical (unpaired) electrons. The minimum atomic E-state index is -1.95. The third-order valence-corrected chi connectivity index (χ3v) is 9.16. The van der Waals surface area contributed by atoms with E-state index in [0.29, 0.717) is 5.52 Å². The molecule has 8 aromatic rings. The Labute approximate surface area is 286 Å². The molecule has 214 valence electrons. The van der Waals surface area contributed by atoms with Crippen LogP contribution in [0.3, 0.4) is 0 Å². The van der Waals surface area contributed by atoms with Crippen LogP contribution in [0, 0.1) is 0 Å². The van der Waals surface area contributed by atoms with Crippen LogP contribution in [-0.2, 0) is 5.21 Å². The highest BCUT2D eigenvalue weighted by molar-refractivity contribution is 6.67. The summed E-state index contributed by atoms with van der Waals surface area (Å²) in [4.78, 5) is 9.03. The summed E-state index contributed by atoms with van der Waals surface area (Å²) < 4.78 is 1.89. The Hall–Kier alpha value is -5.22. The van der Waals surface area contributed by atoms with Crippen LogP contribution in [0.4, 0.5) is 0 Å². The number of hydrogen-bond donors (Lipinski definition) is 0. The molecule has 0 amide bonds. The molecule has 0 saturated heterocycles. The van der Waals surface area contributed by atoms with Crippen LogP contribution in [0.15, 0.2) is 146 Å². The van der Waals surface area contributed by atoms with Crippen molar-refractivity contribution in [1.29, 1.82) is 0 Å². The Morgan fingerprint density at radius 3 is 1.71 bits per heavy atom. The molecule has 2 aromatic heterocycles. The molecule has 2 heterocycles. The Morgan fingerprint density at radius 2 is 1.06 bits per heavy atom. The summed E-state index contributed by atoms with van der Waals surface area (Å²) in [6, 6.07) is 45.8. The predicted molar refractivity (Wildman–Crippen MR) is 203 cm³/mol. The lowest BCUT2D eigenvalue weighted by Crippen LogP contribution is -2.45. The minimum absolute atomic E-state index is 0.256. The van der Waals surface area contributed by atoms with E-state index >= 15 is 0 Å². The van der Waals surface area contributed by atoms with Gasteiger partial charge in [0.2, 0.25) is 0 Å². The predicted octanol–water partition coefficient (Wildman–Crippen LogP) is 7.80. The Morgan fingerprint density at radius 1 is 0.500 bits per heavy atom. The van der Waals surface area contributed by atoms with Crippen LogP contribution in [0.1, 0.15) is 5.82 Å². The summed E-state index contributed by atoms with van der Waals surface area (Å²) in [6.45, 7) is 0. The summed E-state index contributed by atoms with van der Waals surface area (Å²) >= 11 is 0. The number of para-hydroxylation sites is 2. The van der Waals surface area contributed by atoms with Gasteiger partial charge in [-0.1, -0.05) is 102 Å². The highest BCUT2D eigenvalue weighted by atomic mass is 15.1. The summed E-state index contributed by atoms with van der Waals surface area (Å²) in [6.07, 6.45) is 3.67.